The molecule has 5 heteroatoms. The summed E-state index contributed by atoms with van der Waals surface area (Å²) in [5.41, 5.74) is 0.918. The van der Waals surface area contributed by atoms with Crippen molar-refractivity contribution in [2.24, 2.45) is 5.92 Å². The largest absolute Gasteiger partial charge is 0.394 e. The lowest BCUT2D eigenvalue weighted by Gasteiger charge is -2.20. The Morgan fingerprint density at radius 3 is 2.94 bits per heavy atom. The number of aromatic nitrogens is 3. The summed E-state index contributed by atoms with van der Waals surface area (Å²) in [6, 6.07) is 1.90. The van der Waals surface area contributed by atoms with Gasteiger partial charge in [0.05, 0.1) is 18.8 Å². The third kappa shape index (κ3) is 1.99. The van der Waals surface area contributed by atoms with Crippen molar-refractivity contribution in [3.05, 3.63) is 24.7 Å². The van der Waals surface area contributed by atoms with Gasteiger partial charge in [0, 0.05) is 12.4 Å². The van der Waals surface area contributed by atoms with Crippen LogP contribution in [-0.4, -0.2) is 32.4 Å². The zero-order chi connectivity index (χ0) is 11.5. The minimum Gasteiger partial charge on any atom is -0.394 e. The lowest BCUT2D eigenvalue weighted by atomic mass is 10.1. The summed E-state index contributed by atoms with van der Waals surface area (Å²) in [5.74, 6) is 1.10. The number of aliphatic hydroxyl groups is 1. The highest BCUT2D eigenvalue weighted by molar-refractivity contribution is 5.67. The number of hydrogen-bond acceptors (Lipinski definition) is 4. The molecule has 0 unspecified atom stereocenters. The Hall–Kier alpha value is -1.62. The molecule has 0 amide bonds. The molecule has 16 heavy (non-hydrogen) atoms. The van der Waals surface area contributed by atoms with Crippen molar-refractivity contribution in [3.63, 3.8) is 0 Å². The average Bonchev–Trinajstić information content (AvgIpc) is 2.73. The van der Waals surface area contributed by atoms with Gasteiger partial charge in [-0.1, -0.05) is 13.8 Å². The first-order valence-corrected chi connectivity index (χ1v) is 5.38. The number of nitrogens with one attached hydrogen (secondary N) is 1. The van der Waals surface area contributed by atoms with Gasteiger partial charge in [-0.05, 0) is 12.0 Å². The smallest absolute Gasteiger partial charge is 0.152 e. The SMILES string of the molecule is CC(C)[C@@H](CO)Nc1nccn2nccc12. The number of nitrogens with zero attached hydrogens (tertiary/aromatic N) is 3. The van der Waals surface area contributed by atoms with Gasteiger partial charge in [0.25, 0.3) is 0 Å². The molecule has 86 valence electrons. The molecule has 0 saturated heterocycles. The lowest BCUT2D eigenvalue weighted by molar-refractivity contribution is 0.249. The second-order valence-corrected chi connectivity index (χ2v) is 4.11. The number of fused-ring (bicyclic) bond motifs is 1. The Morgan fingerprint density at radius 2 is 2.25 bits per heavy atom. The molecule has 0 fully saturated rings. The Balaban J connectivity index is 2.29. The summed E-state index contributed by atoms with van der Waals surface area (Å²) >= 11 is 0. The van der Waals surface area contributed by atoms with E-state index in [9.17, 15) is 5.11 Å². The Kier molecular flexibility index (Phi) is 3.05. The third-order valence-corrected chi connectivity index (χ3v) is 2.65. The first-order chi connectivity index (χ1) is 7.72. The van der Waals surface area contributed by atoms with Gasteiger partial charge in [0.15, 0.2) is 5.82 Å². The molecule has 0 aliphatic rings. The van der Waals surface area contributed by atoms with Crippen LogP contribution in [0, 0.1) is 5.92 Å². The Morgan fingerprint density at radius 1 is 1.44 bits per heavy atom. The van der Waals surface area contributed by atoms with Crippen molar-refractivity contribution in [1.82, 2.24) is 14.6 Å². The van der Waals surface area contributed by atoms with Crippen LogP contribution in [0.5, 0.6) is 0 Å². The van der Waals surface area contributed by atoms with Crippen LogP contribution in [0.4, 0.5) is 5.82 Å². The van der Waals surface area contributed by atoms with E-state index in [0.29, 0.717) is 5.92 Å². The zero-order valence-corrected chi connectivity index (χ0v) is 9.46. The molecule has 1 atom stereocenters. The van der Waals surface area contributed by atoms with Gasteiger partial charge in [0.1, 0.15) is 5.52 Å². The second-order valence-electron chi connectivity index (χ2n) is 4.11. The van der Waals surface area contributed by atoms with E-state index in [1.807, 2.05) is 6.07 Å². The summed E-state index contributed by atoms with van der Waals surface area (Å²) in [4.78, 5) is 4.27. The molecule has 2 N–H and O–H groups in total. The van der Waals surface area contributed by atoms with Crippen LogP contribution in [0.25, 0.3) is 5.52 Å². The van der Waals surface area contributed by atoms with E-state index < -0.39 is 0 Å². The van der Waals surface area contributed by atoms with Crippen molar-refractivity contribution >= 4 is 11.3 Å². The van der Waals surface area contributed by atoms with Crippen molar-refractivity contribution in [2.75, 3.05) is 11.9 Å². The molecule has 0 aliphatic carbocycles. The van der Waals surface area contributed by atoms with E-state index in [4.69, 9.17) is 0 Å². The molecule has 0 aromatic carbocycles. The molecular weight excluding hydrogens is 204 g/mol. The van der Waals surface area contributed by atoms with Crippen LogP contribution >= 0.6 is 0 Å². The summed E-state index contributed by atoms with van der Waals surface area (Å²) in [7, 11) is 0. The van der Waals surface area contributed by atoms with E-state index >= 15 is 0 Å². The second kappa shape index (κ2) is 4.49. The van der Waals surface area contributed by atoms with Crippen LogP contribution in [0.1, 0.15) is 13.8 Å². The van der Waals surface area contributed by atoms with Gasteiger partial charge in [0.2, 0.25) is 0 Å². The standard InChI is InChI=1S/C11H16N4O/c1-8(2)9(7-16)14-11-10-3-4-13-15(10)6-5-12-11/h3-6,8-9,16H,7H2,1-2H3,(H,12,14)/t9-/m1/s1. The van der Waals surface area contributed by atoms with Crippen molar-refractivity contribution < 1.29 is 5.11 Å². The zero-order valence-electron chi connectivity index (χ0n) is 9.46. The predicted octanol–water partition coefficient (Wildman–Crippen LogP) is 1.16. The van der Waals surface area contributed by atoms with Crippen molar-refractivity contribution in [1.29, 1.82) is 0 Å². The van der Waals surface area contributed by atoms with Crippen LogP contribution in [0.2, 0.25) is 0 Å². The highest BCUT2D eigenvalue weighted by Crippen LogP contribution is 2.15. The number of aliphatic hydroxyl groups excluding tert-OH is 1. The molecule has 2 aromatic heterocycles. The monoisotopic (exact) mass is 220 g/mol. The van der Waals surface area contributed by atoms with E-state index in [1.54, 1.807) is 23.1 Å². The maximum atomic E-state index is 9.27. The van der Waals surface area contributed by atoms with Crippen LogP contribution < -0.4 is 5.32 Å². The van der Waals surface area contributed by atoms with Crippen LogP contribution in [0.15, 0.2) is 24.7 Å². The van der Waals surface area contributed by atoms with Crippen molar-refractivity contribution in [2.45, 2.75) is 19.9 Å². The van der Waals surface area contributed by atoms with E-state index in [1.165, 1.54) is 0 Å². The molecule has 0 aliphatic heterocycles. The summed E-state index contributed by atoms with van der Waals surface area (Å²) < 4.78 is 1.75. The highest BCUT2D eigenvalue weighted by Gasteiger charge is 2.13. The summed E-state index contributed by atoms with van der Waals surface area (Å²) in [6.07, 6.45) is 5.21. The first kappa shape index (κ1) is 10.9. The molecule has 2 rings (SSSR count). The Labute approximate surface area is 94.1 Å². The molecule has 0 saturated carbocycles. The quantitative estimate of drug-likeness (QED) is 0.811. The van der Waals surface area contributed by atoms with Gasteiger partial charge < -0.3 is 10.4 Å². The van der Waals surface area contributed by atoms with Crippen LogP contribution in [-0.2, 0) is 0 Å². The number of hydrogen-bond donors (Lipinski definition) is 2. The van der Waals surface area contributed by atoms with E-state index in [2.05, 4.69) is 29.2 Å². The fourth-order valence-corrected chi connectivity index (χ4v) is 1.57. The molecule has 0 bridgehead atoms. The van der Waals surface area contributed by atoms with E-state index in [0.717, 1.165) is 11.3 Å². The molecular formula is C11H16N4O. The first-order valence-electron chi connectivity index (χ1n) is 5.38. The fourth-order valence-electron chi connectivity index (χ4n) is 1.57. The number of rotatable bonds is 4. The molecule has 2 heterocycles. The van der Waals surface area contributed by atoms with Gasteiger partial charge in [-0.2, -0.15) is 5.10 Å². The summed E-state index contributed by atoms with van der Waals surface area (Å²) in [5, 5.41) is 16.6. The van der Waals surface area contributed by atoms with Crippen molar-refractivity contribution in [3.8, 4) is 0 Å². The maximum absolute atomic E-state index is 9.27. The average molecular weight is 220 g/mol. The van der Waals surface area contributed by atoms with Crippen LogP contribution in [0.3, 0.4) is 0 Å². The topological polar surface area (TPSA) is 62.5 Å². The molecule has 0 spiro atoms. The highest BCUT2D eigenvalue weighted by atomic mass is 16.3. The van der Waals surface area contributed by atoms with Gasteiger partial charge in [-0.25, -0.2) is 9.50 Å². The van der Waals surface area contributed by atoms with Gasteiger partial charge in [-0.15, -0.1) is 0 Å². The Bertz CT molecular complexity index is 466. The molecule has 0 radical (unpaired) electrons. The molecule has 5 nitrogen and oxygen atoms in total. The predicted molar refractivity (Wildman–Crippen MR) is 62.3 cm³/mol. The normalized spacial score (nSPS) is 13.2. The van der Waals surface area contributed by atoms with Gasteiger partial charge in [-0.3, -0.25) is 0 Å². The minimum absolute atomic E-state index is 0.00796. The number of anilines is 1. The third-order valence-electron chi connectivity index (χ3n) is 2.65. The van der Waals surface area contributed by atoms with E-state index in [-0.39, 0.29) is 12.6 Å². The van der Waals surface area contributed by atoms with Gasteiger partial charge >= 0.3 is 0 Å². The fraction of sp³-hybridized carbons (Fsp3) is 0.455. The summed E-state index contributed by atoms with van der Waals surface area (Å²) in [6.45, 7) is 4.21. The maximum Gasteiger partial charge on any atom is 0.152 e. The lowest BCUT2D eigenvalue weighted by Crippen LogP contribution is -2.30. The minimum atomic E-state index is 0.00796. The molecule has 2 aromatic rings.